The van der Waals surface area contributed by atoms with Crippen LogP contribution in [0.5, 0.6) is 0 Å². The second-order valence-electron chi connectivity index (χ2n) is 3.63. The summed E-state index contributed by atoms with van der Waals surface area (Å²) < 4.78 is 42.6. The first-order valence-electron chi connectivity index (χ1n) is 4.93. The van der Waals surface area contributed by atoms with Crippen LogP contribution in [0, 0.1) is 6.92 Å². The lowest BCUT2D eigenvalue weighted by atomic mass is 10.2. The van der Waals surface area contributed by atoms with Gasteiger partial charge in [0, 0.05) is 24.9 Å². The molecular weight excluding hydrogens is 251 g/mol. The summed E-state index contributed by atoms with van der Waals surface area (Å²) in [7, 11) is 0. The predicted molar refractivity (Wildman–Crippen MR) is 53.0 cm³/mol. The maximum Gasteiger partial charge on any atom is 0.454 e. The highest BCUT2D eigenvalue weighted by Crippen LogP contribution is 2.21. The van der Waals surface area contributed by atoms with Gasteiger partial charge in [0.2, 0.25) is 5.89 Å². The van der Waals surface area contributed by atoms with Gasteiger partial charge in [0.25, 0.3) is 5.78 Å². The Balaban J connectivity index is 2.14. The molecule has 0 bridgehead atoms. The summed E-state index contributed by atoms with van der Waals surface area (Å²) in [5.41, 5.74) is -0.414. The third-order valence-corrected chi connectivity index (χ3v) is 2.16. The zero-order valence-corrected chi connectivity index (χ0v) is 9.23. The van der Waals surface area contributed by atoms with E-state index in [2.05, 4.69) is 10.1 Å². The molecule has 2 aromatic heterocycles. The summed E-state index contributed by atoms with van der Waals surface area (Å²) in [6, 6.07) is 1.10. The lowest BCUT2D eigenvalue weighted by Crippen LogP contribution is -2.22. The Morgan fingerprint density at radius 2 is 2.22 bits per heavy atom. The number of hydrogen-bond donors (Lipinski definition) is 0. The second kappa shape index (κ2) is 4.28. The van der Waals surface area contributed by atoms with Crippen LogP contribution in [0.1, 0.15) is 22.1 Å². The van der Waals surface area contributed by atoms with Crippen molar-refractivity contribution in [3.8, 4) is 0 Å². The van der Waals surface area contributed by atoms with Gasteiger partial charge in [-0.15, -0.1) is 0 Å². The minimum absolute atomic E-state index is 0.141. The summed E-state index contributed by atoms with van der Waals surface area (Å²) >= 11 is 0. The summed E-state index contributed by atoms with van der Waals surface area (Å²) in [5, 5.41) is 3.60. The number of Topliss-reactive ketones (excluding diaryl/α,β-unsaturated/α-hetero) is 1. The molecular formula is C10H8F3N3O2. The number of ketones is 1. The van der Waals surface area contributed by atoms with Crippen molar-refractivity contribution in [2.75, 3.05) is 0 Å². The van der Waals surface area contributed by atoms with Crippen LogP contribution in [0.3, 0.4) is 0 Å². The fourth-order valence-corrected chi connectivity index (χ4v) is 1.41. The average Bonchev–Trinajstić information content (AvgIpc) is 2.86. The minimum Gasteiger partial charge on any atom is -0.346 e. The third-order valence-electron chi connectivity index (χ3n) is 2.16. The lowest BCUT2D eigenvalue weighted by molar-refractivity contribution is -0.0885. The molecule has 2 heterocycles. The van der Waals surface area contributed by atoms with E-state index in [0.717, 1.165) is 12.3 Å². The van der Waals surface area contributed by atoms with E-state index in [0.29, 0.717) is 11.7 Å². The van der Waals surface area contributed by atoms with Crippen LogP contribution in [0.2, 0.25) is 0 Å². The van der Waals surface area contributed by atoms with E-state index in [9.17, 15) is 18.0 Å². The van der Waals surface area contributed by atoms with Gasteiger partial charge in [0.1, 0.15) is 0 Å². The van der Waals surface area contributed by atoms with Crippen molar-refractivity contribution < 1.29 is 22.5 Å². The number of alkyl halides is 3. The lowest BCUT2D eigenvalue weighted by Gasteiger charge is -2.02. The van der Waals surface area contributed by atoms with Gasteiger partial charge in [-0.05, 0) is 6.07 Å². The average molecular weight is 259 g/mol. The first-order valence-corrected chi connectivity index (χ1v) is 4.93. The van der Waals surface area contributed by atoms with Crippen molar-refractivity contribution in [1.82, 2.24) is 14.7 Å². The highest BCUT2D eigenvalue weighted by molar-refractivity contribution is 6.00. The van der Waals surface area contributed by atoms with Crippen LogP contribution in [0.15, 0.2) is 23.0 Å². The van der Waals surface area contributed by atoms with Crippen molar-refractivity contribution >= 4 is 5.78 Å². The highest BCUT2D eigenvalue weighted by atomic mass is 19.4. The number of carbonyl (C=O) groups excluding carboxylic acids is 1. The van der Waals surface area contributed by atoms with E-state index in [1.165, 1.54) is 10.8 Å². The van der Waals surface area contributed by atoms with E-state index in [-0.39, 0.29) is 6.54 Å². The molecule has 8 heteroatoms. The molecule has 2 rings (SSSR count). The Labute approximate surface area is 99.2 Å². The SMILES string of the molecule is Cc1nc(Cn2ccc(C(=O)C(F)(F)F)c2)no1. The van der Waals surface area contributed by atoms with Gasteiger partial charge in [0.05, 0.1) is 6.54 Å². The number of carbonyl (C=O) groups is 1. The molecule has 0 aliphatic carbocycles. The number of hydrogen-bond acceptors (Lipinski definition) is 4. The first kappa shape index (κ1) is 12.3. The fourth-order valence-electron chi connectivity index (χ4n) is 1.41. The molecule has 96 valence electrons. The number of nitrogens with zero attached hydrogens (tertiary/aromatic N) is 3. The fraction of sp³-hybridized carbons (Fsp3) is 0.300. The van der Waals surface area contributed by atoms with E-state index in [4.69, 9.17) is 4.52 Å². The largest absolute Gasteiger partial charge is 0.454 e. The summed E-state index contributed by atoms with van der Waals surface area (Å²) in [6.07, 6.45) is -2.42. The quantitative estimate of drug-likeness (QED) is 0.790. The van der Waals surface area contributed by atoms with Gasteiger partial charge >= 0.3 is 6.18 Å². The van der Waals surface area contributed by atoms with Crippen LogP contribution < -0.4 is 0 Å². The Kier molecular flexibility index (Phi) is 2.93. The standard InChI is InChI=1S/C10H8F3N3O2/c1-6-14-8(15-18-6)5-16-3-2-7(4-16)9(17)10(11,12)13/h2-4H,5H2,1H3. The molecule has 0 unspecified atom stereocenters. The number of aromatic nitrogens is 3. The van der Waals surface area contributed by atoms with Crippen LogP contribution in [-0.2, 0) is 6.54 Å². The molecule has 5 nitrogen and oxygen atoms in total. The van der Waals surface area contributed by atoms with Crippen molar-refractivity contribution in [1.29, 1.82) is 0 Å². The molecule has 0 amide bonds. The maximum atomic E-state index is 12.2. The van der Waals surface area contributed by atoms with Crippen molar-refractivity contribution in [2.45, 2.75) is 19.6 Å². The molecule has 18 heavy (non-hydrogen) atoms. The van der Waals surface area contributed by atoms with Gasteiger partial charge in [-0.2, -0.15) is 18.2 Å². The Morgan fingerprint density at radius 1 is 1.50 bits per heavy atom. The Bertz CT molecular complexity index is 571. The number of halogens is 3. The molecule has 0 aliphatic heterocycles. The summed E-state index contributed by atoms with van der Waals surface area (Å²) in [4.78, 5) is 14.9. The molecule has 2 aromatic rings. The third kappa shape index (κ3) is 2.58. The second-order valence-corrected chi connectivity index (χ2v) is 3.63. The molecule has 0 radical (unpaired) electrons. The Morgan fingerprint density at radius 3 is 2.78 bits per heavy atom. The van der Waals surface area contributed by atoms with Gasteiger partial charge < -0.3 is 9.09 Å². The van der Waals surface area contributed by atoms with E-state index in [1.807, 2.05) is 0 Å². The number of rotatable bonds is 3. The van der Waals surface area contributed by atoms with E-state index >= 15 is 0 Å². The van der Waals surface area contributed by atoms with Gasteiger partial charge in [-0.3, -0.25) is 4.79 Å². The molecule has 0 atom stereocenters. The zero-order valence-electron chi connectivity index (χ0n) is 9.23. The Hall–Kier alpha value is -2.12. The molecule has 0 spiro atoms. The van der Waals surface area contributed by atoms with Crippen molar-refractivity contribution in [3.05, 3.63) is 35.7 Å². The normalized spacial score (nSPS) is 11.8. The monoisotopic (exact) mass is 259 g/mol. The molecule has 0 saturated carbocycles. The highest BCUT2D eigenvalue weighted by Gasteiger charge is 2.39. The van der Waals surface area contributed by atoms with Crippen LogP contribution in [-0.4, -0.2) is 26.7 Å². The topological polar surface area (TPSA) is 60.9 Å². The van der Waals surface area contributed by atoms with Gasteiger partial charge in [-0.1, -0.05) is 5.16 Å². The van der Waals surface area contributed by atoms with Gasteiger partial charge in [-0.25, -0.2) is 0 Å². The molecule has 0 aromatic carbocycles. The van der Waals surface area contributed by atoms with Gasteiger partial charge in [0.15, 0.2) is 5.82 Å². The van der Waals surface area contributed by atoms with E-state index in [1.54, 1.807) is 6.92 Å². The van der Waals surface area contributed by atoms with E-state index < -0.39 is 17.5 Å². The smallest absolute Gasteiger partial charge is 0.346 e. The van der Waals surface area contributed by atoms with Crippen molar-refractivity contribution in [3.63, 3.8) is 0 Å². The number of aryl methyl sites for hydroxylation is 1. The summed E-state index contributed by atoms with van der Waals surface area (Å²) in [5.74, 6) is -1.18. The molecule has 0 fully saturated rings. The maximum absolute atomic E-state index is 12.2. The summed E-state index contributed by atoms with van der Waals surface area (Å²) in [6.45, 7) is 1.74. The van der Waals surface area contributed by atoms with Crippen LogP contribution >= 0.6 is 0 Å². The molecule has 0 aliphatic rings. The van der Waals surface area contributed by atoms with Crippen molar-refractivity contribution in [2.24, 2.45) is 0 Å². The van der Waals surface area contributed by atoms with Crippen LogP contribution in [0.4, 0.5) is 13.2 Å². The minimum atomic E-state index is -4.87. The first-order chi connectivity index (χ1) is 8.36. The molecule has 0 N–H and O–H groups in total. The zero-order chi connectivity index (χ0) is 13.3. The predicted octanol–water partition coefficient (Wildman–Crippen LogP) is 1.97. The van der Waals surface area contributed by atoms with Crippen LogP contribution in [0.25, 0.3) is 0 Å². The molecule has 0 saturated heterocycles.